The molecule has 3 rings (SSSR count). The molecule has 6 heteroatoms. The van der Waals surface area contributed by atoms with Crippen molar-refractivity contribution in [2.45, 2.75) is 19.4 Å². The molecule has 4 nitrogen and oxygen atoms in total. The fraction of sp³-hybridized carbons (Fsp3) is 0.176. The number of ether oxygens (including phenoxy) is 1. The lowest BCUT2D eigenvalue weighted by molar-refractivity contribution is 0.0368. The van der Waals surface area contributed by atoms with Crippen molar-refractivity contribution in [3.8, 4) is 6.07 Å². The van der Waals surface area contributed by atoms with Crippen LogP contribution in [0.15, 0.2) is 36.4 Å². The number of amides is 1. The first-order chi connectivity index (χ1) is 10.8. The summed E-state index contributed by atoms with van der Waals surface area (Å²) in [5.74, 6) is -1.33. The molecule has 0 radical (unpaired) electrons. The smallest absolute Gasteiger partial charge is 0.419 e. The molecule has 0 bridgehead atoms. The number of halogens is 2. The summed E-state index contributed by atoms with van der Waals surface area (Å²) in [7, 11) is 0. The van der Waals surface area contributed by atoms with Gasteiger partial charge in [0, 0.05) is 5.56 Å². The maximum Gasteiger partial charge on any atom is 0.419 e. The van der Waals surface area contributed by atoms with Gasteiger partial charge in [-0.2, -0.15) is 5.26 Å². The number of rotatable bonds is 1. The highest BCUT2D eigenvalue weighted by atomic mass is 19.1. The number of carbonyl (C=O) groups excluding carboxylic acids is 1. The molecule has 0 aromatic heterocycles. The Morgan fingerprint density at radius 3 is 2.65 bits per heavy atom. The van der Waals surface area contributed by atoms with Crippen LogP contribution >= 0.6 is 0 Å². The number of nitrogens with zero attached hydrogens (tertiary/aromatic N) is 2. The van der Waals surface area contributed by atoms with E-state index in [4.69, 9.17) is 10.00 Å². The molecule has 0 unspecified atom stereocenters. The minimum Gasteiger partial charge on any atom is -0.438 e. The second kappa shape index (κ2) is 5.06. The Morgan fingerprint density at radius 1 is 1.22 bits per heavy atom. The molecule has 0 N–H and O–H groups in total. The third-order valence-corrected chi connectivity index (χ3v) is 3.65. The topological polar surface area (TPSA) is 53.3 Å². The third kappa shape index (κ3) is 2.40. The highest BCUT2D eigenvalue weighted by molar-refractivity contribution is 5.99. The van der Waals surface area contributed by atoms with Gasteiger partial charge in [-0.1, -0.05) is 12.1 Å². The summed E-state index contributed by atoms with van der Waals surface area (Å²) in [6, 6.07) is 9.56. The van der Waals surface area contributed by atoms with E-state index in [2.05, 4.69) is 0 Å². The molecule has 2 aromatic carbocycles. The van der Waals surface area contributed by atoms with Crippen LogP contribution in [0.25, 0.3) is 0 Å². The van der Waals surface area contributed by atoms with Gasteiger partial charge in [0.25, 0.3) is 0 Å². The van der Waals surface area contributed by atoms with Crippen molar-refractivity contribution in [2.24, 2.45) is 0 Å². The van der Waals surface area contributed by atoms with Crippen LogP contribution in [0.4, 0.5) is 25.0 Å². The van der Waals surface area contributed by atoms with E-state index in [1.807, 2.05) is 0 Å². The van der Waals surface area contributed by atoms with E-state index in [9.17, 15) is 13.6 Å². The molecule has 116 valence electrons. The zero-order valence-corrected chi connectivity index (χ0v) is 12.4. The molecule has 1 aliphatic rings. The molecule has 0 aliphatic carbocycles. The number of fused-ring (bicyclic) bond motifs is 1. The molecule has 0 saturated carbocycles. The summed E-state index contributed by atoms with van der Waals surface area (Å²) in [5, 5.41) is 8.96. The molecule has 0 fully saturated rings. The van der Waals surface area contributed by atoms with E-state index in [0.717, 1.165) is 17.0 Å². The fourth-order valence-electron chi connectivity index (χ4n) is 2.64. The van der Waals surface area contributed by atoms with Gasteiger partial charge in [0.1, 0.15) is 17.2 Å². The molecule has 0 atom stereocenters. The molecule has 1 aliphatic heterocycles. The Bertz CT molecular complexity index is 856. The maximum atomic E-state index is 14.4. The lowest BCUT2D eigenvalue weighted by Crippen LogP contribution is -2.41. The Morgan fingerprint density at radius 2 is 1.96 bits per heavy atom. The number of cyclic esters (lactones) is 1. The van der Waals surface area contributed by atoms with Gasteiger partial charge in [0.15, 0.2) is 0 Å². The first-order valence-electron chi connectivity index (χ1n) is 6.86. The minimum absolute atomic E-state index is 0.00300. The Labute approximate surface area is 131 Å². The molecular weight excluding hydrogens is 302 g/mol. The van der Waals surface area contributed by atoms with Gasteiger partial charge in [-0.3, -0.25) is 0 Å². The molecule has 23 heavy (non-hydrogen) atoms. The van der Waals surface area contributed by atoms with Crippen molar-refractivity contribution in [1.82, 2.24) is 0 Å². The van der Waals surface area contributed by atoms with Crippen molar-refractivity contribution in [2.75, 3.05) is 4.90 Å². The average Bonchev–Trinajstić information content (AvgIpc) is 2.47. The van der Waals surface area contributed by atoms with Crippen LogP contribution in [0, 0.1) is 23.0 Å². The predicted octanol–water partition coefficient (Wildman–Crippen LogP) is 4.36. The van der Waals surface area contributed by atoms with E-state index < -0.39 is 23.3 Å². The van der Waals surface area contributed by atoms with Crippen LogP contribution in [0.5, 0.6) is 0 Å². The van der Waals surface area contributed by atoms with E-state index in [0.29, 0.717) is 5.56 Å². The molecule has 1 heterocycles. The molecule has 2 aromatic rings. The van der Waals surface area contributed by atoms with Crippen molar-refractivity contribution in [1.29, 1.82) is 5.26 Å². The highest BCUT2D eigenvalue weighted by Gasteiger charge is 2.40. The number of carbonyl (C=O) groups is 1. The van der Waals surface area contributed by atoms with Crippen LogP contribution in [0.3, 0.4) is 0 Å². The molecule has 1 amide bonds. The lowest BCUT2D eigenvalue weighted by atomic mass is 9.93. The summed E-state index contributed by atoms with van der Waals surface area (Å²) in [6.45, 7) is 3.29. The lowest BCUT2D eigenvalue weighted by Gasteiger charge is -2.38. The number of hydrogen-bond acceptors (Lipinski definition) is 3. The Kier molecular flexibility index (Phi) is 3.29. The average molecular weight is 314 g/mol. The monoisotopic (exact) mass is 314 g/mol. The van der Waals surface area contributed by atoms with Gasteiger partial charge in [-0.15, -0.1) is 0 Å². The predicted molar refractivity (Wildman–Crippen MR) is 79.2 cm³/mol. The first-order valence-corrected chi connectivity index (χ1v) is 6.86. The zero-order chi connectivity index (χ0) is 16.8. The largest absolute Gasteiger partial charge is 0.438 e. The zero-order valence-electron chi connectivity index (χ0n) is 12.4. The maximum absolute atomic E-state index is 14.4. The quantitative estimate of drug-likeness (QED) is 0.786. The normalized spacial score (nSPS) is 15.6. The molecule has 0 spiro atoms. The van der Waals surface area contributed by atoms with Crippen molar-refractivity contribution < 1.29 is 18.3 Å². The third-order valence-electron chi connectivity index (χ3n) is 3.65. The van der Waals surface area contributed by atoms with E-state index in [-0.39, 0.29) is 16.9 Å². The van der Waals surface area contributed by atoms with E-state index in [1.165, 1.54) is 18.2 Å². The van der Waals surface area contributed by atoms with Crippen LogP contribution in [-0.4, -0.2) is 6.09 Å². The Balaban J connectivity index is 2.27. The summed E-state index contributed by atoms with van der Waals surface area (Å²) in [6.07, 6.45) is -0.831. The number of hydrogen-bond donors (Lipinski definition) is 0. The van der Waals surface area contributed by atoms with E-state index >= 15 is 0 Å². The first kappa shape index (κ1) is 15.0. The molecular formula is C17H12F2N2O2. The van der Waals surface area contributed by atoms with Crippen LogP contribution in [-0.2, 0) is 10.3 Å². The fourth-order valence-corrected chi connectivity index (χ4v) is 2.64. The van der Waals surface area contributed by atoms with Gasteiger partial charge in [-0.25, -0.2) is 18.5 Å². The number of benzene rings is 2. The minimum atomic E-state index is -1.02. The summed E-state index contributed by atoms with van der Waals surface area (Å²) >= 11 is 0. The van der Waals surface area contributed by atoms with Crippen LogP contribution in [0.1, 0.15) is 25.0 Å². The number of anilines is 2. The second-order valence-corrected chi connectivity index (χ2v) is 5.66. The van der Waals surface area contributed by atoms with Gasteiger partial charge in [0.05, 0.1) is 23.0 Å². The summed E-state index contributed by atoms with van der Waals surface area (Å²) in [5.41, 5.74) is -0.497. The van der Waals surface area contributed by atoms with Crippen molar-refractivity contribution in [3.05, 3.63) is 59.2 Å². The second-order valence-electron chi connectivity index (χ2n) is 5.66. The van der Waals surface area contributed by atoms with Gasteiger partial charge in [0.2, 0.25) is 0 Å². The SMILES string of the molecule is CC1(C)OC(=O)N(c2cc(F)cc(C#N)c2)c2c(F)cccc21. The number of nitriles is 1. The van der Waals surface area contributed by atoms with Crippen molar-refractivity contribution in [3.63, 3.8) is 0 Å². The number of para-hydroxylation sites is 1. The van der Waals surface area contributed by atoms with Crippen LogP contribution in [0.2, 0.25) is 0 Å². The summed E-state index contributed by atoms with van der Waals surface area (Å²) < 4.78 is 33.5. The van der Waals surface area contributed by atoms with Crippen LogP contribution < -0.4 is 4.90 Å². The van der Waals surface area contributed by atoms with E-state index in [1.54, 1.807) is 26.0 Å². The van der Waals surface area contributed by atoms with Gasteiger partial charge in [-0.05, 0) is 38.1 Å². The summed E-state index contributed by atoms with van der Waals surface area (Å²) in [4.78, 5) is 13.3. The van der Waals surface area contributed by atoms with Gasteiger partial charge < -0.3 is 4.74 Å². The Hall–Kier alpha value is -2.94. The molecule has 0 saturated heterocycles. The van der Waals surface area contributed by atoms with Crippen molar-refractivity contribution >= 4 is 17.5 Å². The highest BCUT2D eigenvalue weighted by Crippen LogP contribution is 2.43. The van der Waals surface area contributed by atoms with Gasteiger partial charge >= 0.3 is 6.09 Å². The standard InChI is InChI=1S/C17H12F2N2O2/c1-17(2)13-4-3-5-14(19)15(13)21(16(22)23-17)12-7-10(9-20)6-11(18)8-12/h3-8H,1-2H3.